The van der Waals surface area contributed by atoms with E-state index in [0.717, 1.165) is 11.1 Å². The van der Waals surface area contributed by atoms with E-state index >= 15 is 0 Å². The number of halogens is 2. The molecule has 0 amide bonds. The van der Waals surface area contributed by atoms with E-state index in [1.807, 2.05) is 43.3 Å². The van der Waals surface area contributed by atoms with E-state index < -0.39 is 0 Å². The Morgan fingerprint density at radius 2 is 2.00 bits per heavy atom. The SMILES string of the molecule is CC(NOCc1ccccc1)c1cc(Cl)sc1Cl. The van der Waals surface area contributed by atoms with E-state index in [2.05, 4.69) is 5.48 Å². The van der Waals surface area contributed by atoms with Gasteiger partial charge in [0.1, 0.15) is 0 Å². The smallest absolute Gasteiger partial charge is 0.0992 e. The summed E-state index contributed by atoms with van der Waals surface area (Å²) in [4.78, 5) is 5.45. The van der Waals surface area contributed by atoms with Crippen LogP contribution in [0.4, 0.5) is 0 Å². The molecule has 96 valence electrons. The molecular weight excluding hydrogens is 289 g/mol. The second-order valence-corrected chi connectivity index (χ2v) is 6.18. The fourth-order valence-electron chi connectivity index (χ4n) is 1.54. The molecule has 0 radical (unpaired) electrons. The van der Waals surface area contributed by atoms with Crippen LogP contribution in [0.5, 0.6) is 0 Å². The molecule has 0 spiro atoms. The summed E-state index contributed by atoms with van der Waals surface area (Å²) in [7, 11) is 0. The molecule has 0 aliphatic carbocycles. The third kappa shape index (κ3) is 3.70. The standard InChI is InChI=1S/C13H13Cl2NOS/c1-9(11-7-12(14)18-13(11)15)16-17-8-10-5-3-2-4-6-10/h2-7,9,16H,8H2,1H3. The van der Waals surface area contributed by atoms with Gasteiger partial charge < -0.3 is 0 Å². The highest BCUT2D eigenvalue weighted by Gasteiger charge is 2.13. The first-order valence-corrected chi connectivity index (χ1v) is 7.10. The number of hydrogen-bond acceptors (Lipinski definition) is 3. The van der Waals surface area contributed by atoms with Crippen molar-refractivity contribution in [3.63, 3.8) is 0 Å². The number of hydrogen-bond donors (Lipinski definition) is 1. The quantitative estimate of drug-likeness (QED) is 0.798. The average Bonchev–Trinajstić information content (AvgIpc) is 2.70. The van der Waals surface area contributed by atoms with Crippen molar-refractivity contribution in [1.82, 2.24) is 5.48 Å². The van der Waals surface area contributed by atoms with Crippen LogP contribution >= 0.6 is 34.5 Å². The van der Waals surface area contributed by atoms with Gasteiger partial charge in [-0.15, -0.1) is 11.3 Å². The fraction of sp³-hybridized carbons (Fsp3) is 0.231. The second kappa shape index (κ2) is 6.55. The van der Waals surface area contributed by atoms with Crippen molar-refractivity contribution >= 4 is 34.5 Å². The van der Waals surface area contributed by atoms with E-state index in [0.29, 0.717) is 15.3 Å². The highest BCUT2D eigenvalue weighted by atomic mass is 35.5. The van der Waals surface area contributed by atoms with Crippen LogP contribution in [0, 0.1) is 0 Å². The number of benzene rings is 1. The molecule has 0 saturated carbocycles. The zero-order valence-electron chi connectivity index (χ0n) is 9.82. The molecule has 1 N–H and O–H groups in total. The van der Waals surface area contributed by atoms with Crippen molar-refractivity contribution < 1.29 is 4.84 Å². The Morgan fingerprint density at radius 1 is 1.28 bits per heavy atom. The molecule has 0 aliphatic heterocycles. The second-order valence-electron chi connectivity index (χ2n) is 3.89. The average molecular weight is 302 g/mol. The number of thiophene rings is 1. The van der Waals surface area contributed by atoms with Gasteiger partial charge in [0.25, 0.3) is 0 Å². The molecule has 5 heteroatoms. The van der Waals surface area contributed by atoms with Gasteiger partial charge >= 0.3 is 0 Å². The Hall–Kier alpha value is -0.580. The van der Waals surface area contributed by atoms with Gasteiger partial charge in [0.2, 0.25) is 0 Å². The van der Waals surface area contributed by atoms with Crippen LogP contribution in [-0.4, -0.2) is 0 Å². The molecule has 1 atom stereocenters. The van der Waals surface area contributed by atoms with Gasteiger partial charge in [0.15, 0.2) is 0 Å². The minimum absolute atomic E-state index is 0.00459. The number of rotatable bonds is 5. The lowest BCUT2D eigenvalue weighted by Crippen LogP contribution is -2.18. The molecule has 2 nitrogen and oxygen atoms in total. The van der Waals surface area contributed by atoms with E-state index in [4.69, 9.17) is 28.0 Å². The zero-order chi connectivity index (χ0) is 13.0. The molecular formula is C13H13Cl2NOS. The van der Waals surface area contributed by atoms with Gasteiger partial charge in [0, 0.05) is 5.56 Å². The minimum Gasteiger partial charge on any atom is -0.296 e. The Morgan fingerprint density at radius 3 is 2.61 bits per heavy atom. The lowest BCUT2D eigenvalue weighted by atomic mass is 10.2. The molecule has 1 aromatic carbocycles. The van der Waals surface area contributed by atoms with E-state index in [1.165, 1.54) is 11.3 Å². The highest BCUT2D eigenvalue weighted by molar-refractivity contribution is 7.20. The molecule has 0 fully saturated rings. The molecule has 18 heavy (non-hydrogen) atoms. The summed E-state index contributed by atoms with van der Waals surface area (Å²) in [6, 6.07) is 11.8. The monoisotopic (exact) mass is 301 g/mol. The third-order valence-electron chi connectivity index (χ3n) is 2.49. The van der Waals surface area contributed by atoms with Crippen molar-refractivity contribution in [2.45, 2.75) is 19.6 Å². The molecule has 2 rings (SSSR count). The summed E-state index contributed by atoms with van der Waals surface area (Å²) in [6.45, 7) is 2.50. The summed E-state index contributed by atoms with van der Waals surface area (Å²) < 4.78 is 1.38. The molecule has 0 aliphatic rings. The van der Waals surface area contributed by atoms with Gasteiger partial charge in [-0.25, -0.2) is 0 Å². The maximum absolute atomic E-state index is 6.07. The van der Waals surface area contributed by atoms with E-state index in [-0.39, 0.29) is 6.04 Å². The molecule has 1 unspecified atom stereocenters. The maximum Gasteiger partial charge on any atom is 0.0992 e. The molecule has 1 aromatic heterocycles. The summed E-state index contributed by atoms with van der Waals surface area (Å²) in [5.41, 5.74) is 5.04. The lowest BCUT2D eigenvalue weighted by molar-refractivity contribution is 0.00708. The van der Waals surface area contributed by atoms with E-state index in [9.17, 15) is 0 Å². The summed E-state index contributed by atoms with van der Waals surface area (Å²) >= 11 is 13.3. The van der Waals surface area contributed by atoms with Crippen LogP contribution in [0.1, 0.15) is 24.1 Å². The molecule has 2 aromatic rings. The first-order chi connectivity index (χ1) is 8.66. The van der Waals surface area contributed by atoms with Crippen molar-refractivity contribution in [3.05, 3.63) is 56.2 Å². The third-order valence-corrected chi connectivity index (χ3v) is 4.01. The van der Waals surface area contributed by atoms with Crippen LogP contribution in [-0.2, 0) is 11.4 Å². The summed E-state index contributed by atoms with van der Waals surface area (Å²) in [5, 5.41) is 0. The van der Waals surface area contributed by atoms with E-state index in [1.54, 1.807) is 0 Å². The number of hydroxylamine groups is 1. The summed E-state index contributed by atoms with van der Waals surface area (Å²) in [6.07, 6.45) is 0. The Balaban J connectivity index is 1.85. The Labute approximate surface area is 120 Å². The fourth-order valence-corrected chi connectivity index (χ4v) is 3.18. The van der Waals surface area contributed by atoms with Crippen LogP contribution in [0.25, 0.3) is 0 Å². The van der Waals surface area contributed by atoms with Crippen LogP contribution < -0.4 is 5.48 Å². The van der Waals surface area contributed by atoms with Gasteiger partial charge in [-0.05, 0) is 18.6 Å². The largest absolute Gasteiger partial charge is 0.296 e. The normalized spacial score (nSPS) is 12.6. The topological polar surface area (TPSA) is 21.3 Å². The van der Waals surface area contributed by atoms with Crippen molar-refractivity contribution in [3.8, 4) is 0 Å². The van der Waals surface area contributed by atoms with Crippen LogP contribution in [0.2, 0.25) is 8.67 Å². The highest BCUT2D eigenvalue weighted by Crippen LogP contribution is 2.34. The predicted octanol–water partition coefficient (Wildman–Crippen LogP) is 4.84. The van der Waals surface area contributed by atoms with Gasteiger partial charge in [0.05, 0.1) is 21.3 Å². The van der Waals surface area contributed by atoms with Crippen molar-refractivity contribution in [2.75, 3.05) is 0 Å². The first-order valence-electron chi connectivity index (χ1n) is 5.53. The number of nitrogens with one attached hydrogen (secondary N) is 1. The lowest BCUT2D eigenvalue weighted by Gasteiger charge is -2.13. The maximum atomic E-state index is 6.07. The summed E-state index contributed by atoms with van der Waals surface area (Å²) in [5.74, 6) is 0. The van der Waals surface area contributed by atoms with Crippen LogP contribution in [0.3, 0.4) is 0 Å². The Kier molecular flexibility index (Phi) is 5.03. The zero-order valence-corrected chi connectivity index (χ0v) is 12.1. The molecule has 0 saturated heterocycles. The minimum atomic E-state index is 0.00459. The first kappa shape index (κ1) is 13.8. The van der Waals surface area contributed by atoms with Gasteiger partial charge in [-0.3, -0.25) is 4.84 Å². The van der Waals surface area contributed by atoms with Crippen molar-refractivity contribution in [1.29, 1.82) is 0 Å². The van der Waals surface area contributed by atoms with Gasteiger partial charge in [-0.2, -0.15) is 5.48 Å². The Bertz CT molecular complexity index is 501. The molecule has 1 heterocycles. The predicted molar refractivity (Wildman–Crippen MR) is 77.1 cm³/mol. The molecule has 0 bridgehead atoms. The van der Waals surface area contributed by atoms with Crippen LogP contribution in [0.15, 0.2) is 36.4 Å². The van der Waals surface area contributed by atoms with Crippen molar-refractivity contribution in [2.24, 2.45) is 0 Å². The van der Waals surface area contributed by atoms with Gasteiger partial charge in [-0.1, -0.05) is 53.5 Å².